The molecule has 3 rings (SSSR count). The molecule has 2 atom stereocenters. The van der Waals surface area contributed by atoms with Gasteiger partial charge in [0.1, 0.15) is 0 Å². The Balaban J connectivity index is 1.73. The molecule has 0 saturated carbocycles. The SMILES string of the molecule is C=CCO[C@@H]1CCN(C(=O)Cc2ccccn2)[C@H]1Cc1cnn(C)c1. The Morgan fingerprint density at radius 1 is 1.48 bits per heavy atom. The van der Waals surface area contributed by atoms with E-state index in [0.717, 1.165) is 24.1 Å². The lowest BCUT2D eigenvalue weighted by atomic mass is 10.0. The van der Waals surface area contributed by atoms with Crippen LogP contribution in [0.1, 0.15) is 17.7 Å². The zero-order valence-corrected chi connectivity index (χ0v) is 14.5. The molecule has 1 aliphatic heterocycles. The van der Waals surface area contributed by atoms with Crippen molar-refractivity contribution in [3.8, 4) is 0 Å². The van der Waals surface area contributed by atoms with Gasteiger partial charge in [-0.25, -0.2) is 0 Å². The third-order valence-electron chi connectivity index (χ3n) is 4.49. The molecule has 132 valence electrons. The zero-order valence-electron chi connectivity index (χ0n) is 14.5. The van der Waals surface area contributed by atoms with E-state index in [-0.39, 0.29) is 18.1 Å². The summed E-state index contributed by atoms with van der Waals surface area (Å²) in [6.07, 6.45) is 9.23. The smallest absolute Gasteiger partial charge is 0.228 e. The van der Waals surface area contributed by atoms with Crippen LogP contribution < -0.4 is 0 Å². The van der Waals surface area contributed by atoms with Gasteiger partial charge in [-0.3, -0.25) is 14.5 Å². The summed E-state index contributed by atoms with van der Waals surface area (Å²) in [4.78, 5) is 19.0. The summed E-state index contributed by atoms with van der Waals surface area (Å²) in [5.74, 6) is 0.0947. The molecule has 1 amide bonds. The van der Waals surface area contributed by atoms with Crippen LogP contribution >= 0.6 is 0 Å². The summed E-state index contributed by atoms with van der Waals surface area (Å²) in [5, 5.41) is 4.23. The second-order valence-electron chi connectivity index (χ2n) is 6.33. The molecule has 6 heteroatoms. The first-order chi connectivity index (χ1) is 12.2. The van der Waals surface area contributed by atoms with Crippen molar-refractivity contribution < 1.29 is 9.53 Å². The third kappa shape index (κ3) is 4.33. The van der Waals surface area contributed by atoms with Gasteiger partial charge in [0.05, 0.1) is 31.4 Å². The van der Waals surface area contributed by atoms with E-state index in [4.69, 9.17) is 4.74 Å². The van der Waals surface area contributed by atoms with Gasteiger partial charge in [0.25, 0.3) is 0 Å². The van der Waals surface area contributed by atoms with Crippen LogP contribution in [0.2, 0.25) is 0 Å². The molecule has 1 saturated heterocycles. The molecule has 2 aromatic rings. The maximum atomic E-state index is 12.8. The number of likely N-dealkylation sites (tertiary alicyclic amines) is 1. The highest BCUT2D eigenvalue weighted by Gasteiger charge is 2.37. The second kappa shape index (κ2) is 8.07. The molecule has 1 aliphatic rings. The molecular formula is C19H24N4O2. The van der Waals surface area contributed by atoms with Gasteiger partial charge >= 0.3 is 0 Å². The fraction of sp³-hybridized carbons (Fsp3) is 0.421. The summed E-state index contributed by atoms with van der Waals surface area (Å²) in [6, 6.07) is 5.66. The third-order valence-corrected chi connectivity index (χ3v) is 4.49. The van der Waals surface area contributed by atoms with Gasteiger partial charge in [-0.15, -0.1) is 6.58 Å². The Kier molecular flexibility index (Phi) is 5.60. The molecule has 0 radical (unpaired) electrons. The number of pyridine rings is 1. The molecule has 0 spiro atoms. The first-order valence-corrected chi connectivity index (χ1v) is 8.56. The Morgan fingerprint density at radius 3 is 3.04 bits per heavy atom. The van der Waals surface area contributed by atoms with Gasteiger partial charge in [0.2, 0.25) is 5.91 Å². The van der Waals surface area contributed by atoms with Gasteiger partial charge in [-0.2, -0.15) is 5.10 Å². The highest BCUT2D eigenvalue weighted by atomic mass is 16.5. The predicted octanol–water partition coefficient (Wildman–Crippen LogP) is 1.77. The van der Waals surface area contributed by atoms with Gasteiger partial charge in [0.15, 0.2) is 0 Å². The lowest BCUT2D eigenvalue weighted by Gasteiger charge is -2.28. The van der Waals surface area contributed by atoms with Crippen LogP contribution in [-0.4, -0.2) is 50.9 Å². The van der Waals surface area contributed by atoms with Crippen LogP contribution in [-0.2, 0) is 29.4 Å². The average Bonchev–Trinajstić information content (AvgIpc) is 3.20. The lowest BCUT2D eigenvalue weighted by Crippen LogP contribution is -2.42. The fourth-order valence-electron chi connectivity index (χ4n) is 3.34. The molecule has 1 fully saturated rings. The van der Waals surface area contributed by atoms with E-state index in [1.807, 2.05) is 42.5 Å². The van der Waals surface area contributed by atoms with Crippen molar-refractivity contribution in [3.63, 3.8) is 0 Å². The van der Waals surface area contributed by atoms with E-state index >= 15 is 0 Å². The van der Waals surface area contributed by atoms with Gasteiger partial charge in [-0.1, -0.05) is 12.1 Å². The number of carbonyl (C=O) groups is 1. The molecule has 0 N–H and O–H groups in total. The number of rotatable bonds is 7. The predicted molar refractivity (Wildman–Crippen MR) is 94.9 cm³/mol. The quantitative estimate of drug-likeness (QED) is 0.721. The molecule has 2 aromatic heterocycles. The Bertz CT molecular complexity index is 713. The Hall–Kier alpha value is -2.47. The summed E-state index contributed by atoms with van der Waals surface area (Å²) in [6.45, 7) is 4.92. The van der Waals surface area contributed by atoms with Crippen LogP contribution in [0, 0.1) is 0 Å². The number of hydrogen-bond donors (Lipinski definition) is 0. The van der Waals surface area contributed by atoms with E-state index < -0.39 is 0 Å². The highest BCUT2D eigenvalue weighted by molar-refractivity contribution is 5.79. The van der Waals surface area contributed by atoms with Crippen molar-refractivity contribution in [2.24, 2.45) is 7.05 Å². The van der Waals surface area contributed by atoms with E-state index in [2.05, 4.69) is 16.7 Å². The molecule has 25 heavy (non-hydrogen) atoms. The highest BCUT2D eigenvalue weighted by Crippen LogP contribution is 2.25. The normalized spacial score (nSPS) is 20.0. The summed E-state index contributed by atoms with van der Waals surface area (Å²) in [7, 11) is 1.90. The maximum Gasteiger partial charge on any atom is 0.228 e. The first kappa shape index (κ1) is 17.4. The Labute approximate surface area is 148 Å². The number of nitrogens with zero attached hydrogens (tertiary/aromatic N) is 4. The van der Waals surface area contributed by atoms with Crippen LogP contribution in [0.25, 0.3) is 0 Å². The topological polar surface area (TPSA) is 60.2 Å². The number of amides is 1. The number of ether oxygens (including phenoxy) is 1. The van der Waals surface area contributed by atoms with Gasteiger partial charge in [-0.05, 0) is 30.5 Å². The van der Waals surface area contributed by atoms with Gasteiger partial charge in [0, 0.05) is 31.7 Å². The molecule has 0 unspecified atom stereocenters. The number of aromatic nitrogens is 3. The van der Waals surface area contributed by atoms with Crippen LogP contribution in [0.4, 0.5) is 0 Å². The standard InChI is InChI=1S/C19H24N4O2/c1-3-10-25-18-7-9-23(17(18)11-15-13-21-22(2)14-15)19(24)12-16-6-4-5-8-20-16/h3-6,8,13-14,17-18H,1,7,9-12H2,2H3/t17-,18+/m0/s1. The van der Waals surface area contributed by atoms with Crippen molar-refractivity contribution >= 4 is 5.91 Å². The monoisotopic (exact) mass is 340 g/mol. The van der Waals surface area contributed by atoms with Crippen LogP contribution in [0.5, 0.6) is 0 Å². The maximum absolute atomic E-state index is 12.8. The summed E-state index contributed by atoms with van der Waals surface area (Å²) >= 11 is 0. The molecule has 3 heterocycles. The molecule has 0 aromatic carbocycles. The van der Waals surface area contributed by atoms with E-state index in [1.54, 1.807) is 17.0 Å². The number of hydrogen-bond acceptors (Lipinski definition) is 4. The summed E-state index contributed by atoms with van der Waals surface area (Å²) < 4.78 is 7.70. The van der Waals surface area contributed by atoms with Gasteiger partial charge < -0.3 is 9.64 Å². The minimum absolute atomic E-state index is 0.0142. The summed E-state index contributed by atoms with van der Waals surface area (Å²) in [5.41, 5.74) is 1.90. The lowest BCUT2D eigenvalue weighted by molar-refractivity contribution is -0.132. The largest absolute Gasteiger partial charge is 0.372 e. The van der Waals surface area contributed by atoms with Crippen LogP contribution in [0.3, 0.4) is 0 Å². The number of aryl methyl sites for hydroxylation is 1. The Morgan fingerprint density at radius 2 is 2.36 bits per heavy atom. The van der Waals surface area contributed by atoms with Crippen LogP contribution in [0.15, 0.2) is 49.4 Å². The van der Waals surface area contributed by atoms with Crippen molar-refractivity contribution in [2.75, 3.05) is 13.2 Å². The molecule has 0 aliphatic carbocycles. The van der Waals surface area contributed by atoms with Crippen molar-refractivity contribution in [1.82, 2.24) is 19.7 Å². The van der Waals surface area contributed by atoms with E-state index in [9.17, 15) is 4.79 Å². The van der Waals surface area contributed by atoms with E-state index in [1.165, 1.54) is 0 Å². The minimum Gasteiger partial charge on any atom is -0.372 e. The number of carbonyl (C=O) groups excluding carboxylic acids is 1. The fourth-order valence-corrected chi connectivity index (χ4v) is 3.34. The van der Waals surface area contributed by atoms with Crippen molar-refractivity contribution in [2.45, 2.75) is 31.4 Å². The zero-order chi connectivity index (χ0) is 17.6. The van der Waals surface area contributed by atoms with Crippen molar-refractivity contribution in [3.05, 3.63) is 60.7 Å². The average molecular weight is 340 g/mol. The first-order valence-electron chi connectivity index (χ1n) is 8.56. The van der Waals surface area contributed by atoms with Crippen molar-refractivity contribution in [1.29, 1.82) is 0 Å². The minimum atomic E-state index is 0.0142. The molecular weight excluding hydrogens is 316 g/mol. The molecule has 6 nitrogen and oxygen atoms in total. The second-order valence-corrected chi connectivity index (χ2v) is 6.33. The van der Waals surface area contributed by atoms with E-state index in [0.29, 0.717) is 19.6 Å². The molecule has 0 bridgehead atoms.